The second kappa shape index (κ2) is 14.7. The number of rotatable bonds is 12. The first-order valence-corrected chi connectivity index (χ1v) is 16.3. The maximum absolute atomic E-state index is 15.6. The van der Waals surface area contributed by atoms with Gasteiger partial charge >= 0.3 is 0 Å². The highest BCUT2D eigenvalue weighted by atomic mass is 19.1. The van der Waals surface area contributed by atoms with Gasteiger partial charge in [0.15, 0.2) is 5.69 Å². The number of amides is 4. The lowest BCUT2D eigenvalue weighted by atomic mass is 9.79. The number of nitrogens with zero attached hydrogens (tertiary/aromatic N) is 3. The molecular formula is C33H47FN6O6. The van der Waals surface area contributed by atoms with E-state index >= 15 is 4.39 Å². The number of benzene rings is 1. The van der Waals surface area contributed by atoms with E-state index in [-0.39, 0.29) is 41.5 Å². The number of anilines is 1. The van der Waals surface area contributed by atoms with Crippen LogP contribution in [0.25, 0.3) is 0 Å². The van der Waals surface area contributed by atoms with Gasteiger partial charge < -0.3 is 26.0 Å². The molecule has 252 valence electrons. The molecule has 4 rings (SSSR count). The molecule has 4 N–H and O–H groups in total. The smallest absolute Gasteiger partial charge is 0.276 e. The largest absolute Gasteiger partial charge is 0.390 e. The molecule has 2 heterocycles. The molecule has 2 fully saturated rings. The van der Waals surface area contributed by atoms with Gasteiger partial charge in [-0.25, -0.2) is 9.02 Å². The van der Waals surface area contributed by atoms with Gasteiger partial charge in [0.2, 0.25) is 17.7 Å². The maximum atomic E-state index is 15.6. The van der Waals surface area contributed by atoms with E-state index in [0.29, 0.717) is 36.7 Å². The maximum Gasteiger partial charge on any atom is 0.276 e. The molecule has 1 aliphatic heterocycles. The molecule has 0 radical (unpaired) electrons. The Hall–Kier alpha value is -3.87. The van der Waals surface area contributed by atoms with Gasteiger partial charge in [0.25, 0.3) is 5.91 Å². The normalized spacial score (nSPS) is 20.7. The minimum absolute atomic E-state index is 0.0158. The van der Waals surface area contributed by atoms with E-state index in [0.717, 1.165) is 25.7 Å². The summed E-state index contributed by atoms with van der Waals surface area (Å²) < 4.78 is 20.3. The standard InChI is InChI=1S/C33H47FN6O6/c1-7-24-29(39-46-38-24)31(43)37-28(20-11-9-18(3)10-12-20)30(42)35-25-14-13-21(15-23(25)34)19(4)27(36-26(41)8-2)32(44)40-16-22(17-40)33(5,6)45/h13-15,18-20,22,27-28,45H,7-12,16-17H2,1-6H3,(H,35,42)(H,36,41)(H,37,43)/t18-,19-,20-,27+,28-/m0/s1. The van der Waals surface area contributed by atoms with Gasteiger partial charge in [-0.15, -0.1) is 0 Å². The Labute approximate surface area is 269 Å². The van der Waals surface area contributed by atoms with Crippen LogP contribution < -0.4 is 16.0 Å². The number of aryl methyl sites for hydroxylation is 1. The highest BCUT2D eigenvalue weighted by Crippen LogP contribution is 2.33. The van der Waals surface area contributed by atoms with Gasteiger partial charge in [-0.05, 0) is 67.8 Å². The summed E-state index contributed by atoms with van der Waals surface area (Å²) >= 11 is 0. The summed E-state index contributed by atoms with van der Waals surface area (Å²) in [5.74, 6) is -2.78. The van der Waals surface area contributed by atoms with Crippen LogP contribution >= 0.6 is 0 Å². The average Bonchev–Trinajstić information content (AvgIpc) is 3.47. The van der Waals surface area contributed by atoms with E-state index < -0.39 is 41.2 Å². The predicted octanol–water partition coefficient (Wildman–Crippen LogP) is 3.56. The lowest BCUT2D eigenvalue weighted by Crippen LogP contribution is -2.62. The first-order valence-electron chi connectivity index (χ1n) is 16.3. The number of nitrogens with one attached hydrogen (secondary N) is 3. The van der Waals surface area contributed by atoms with Crippen LogP contribution in [0.4, 0.5) is 10.1 Å². The van der Waals surface area contributed by atoms with Crippen LogP contribution in [0.2, 0.25) is 0 Å². The molecule has 1 aromatic carbocycles. The van der Waals surface area contributed by atoms with Gasteiger partial charge in [-0.3, -0.25) is 19.2 Å². The van der Waals surface area contributed by atoms with Crippen LogP contribution in [0.15, 0.2) is 22.8 Å². The summed E-state index contributed by atoms with van der Waals surface area (Å²) in [4.78, 5) is 54.1. The van der Waals surface area contributed by atoms with E-state index in [9.17, 15) is 24.3 Å². The van der Waals surface area contributed by atoms with Crippen molar-refractivity contribution < 1.29 is 33.3 Å². The Morgan fingerprint density at radius 1 is 1.09 bits per heavy atom. The molecule has 2 aliphatic rings. The second-order valence-electron chi connectivity index (χ2n) is 13.4. The van der Waals surface area contributed by atoms with E-state index in [4.69, 9.17) is 4.63 Å². The van der Waals surface area contributed by atoms with Gasteiger partial charge in [0.1, 0.15) is 23.6 Å². The minimum atomic E-state index is -0.942. The van der Waals surface area contributed by atoms with Crippen molar-refractivity contribution in [3.63, 3.8) is 0 Å². The molecule has 12 nitrogen and oxygen atoms in total. The van der Waals surface area contributed by atoms with Crippen molar-refractivity contribution in [1.29, 1.82) is 0 Å². The fraction of sp³-hybridized carbons (Fsp3) is 0.636. The number of aromatic nitrogens is 2. The lowest BCUT2D eigenvalue weighted by molar-refractivity contribution is -0.149. The third kappa shape index (κ3) is 8.09. The zero-order valence-corrected chi connectivity index (χ0v) is 27.6. The number of hydrogen-bond donors (Lipinski definition) is 4. The van der Waals surface area contributed by atoms with Crippen molar-refractivity contribution in [2.24, 2.45) is 17.8 Å². The van der Waals surface area contributed by atoms with E-state index in [2.05, 4.69) is 33.2 Å². The van der Waals surface area contributed by atoms with Crippen molar-refractivity contribution in [2.75, 3.05) is 18.4 Å². The predicted molar refractivity (Wildman–Crippen MR) is 168 cm³/mol. The molecule has 2 aromatic rings. The van der Waals surface area contributed by atoms with E-state index in [1.54, 1.807) is 38.7 Å². The van der Waals surface area contributed by atoms with Crippen LogP contribution in [0.1, 0.15) is 101 Å². The number of carbonyl (C=O) groups excluding carboxylic acids is 4. The summed E-state index contributed by atoms with van der Waals surface area (Å²) in [7, 11) is 0. The van der Waals surface area contributed by atoms with Crippen LogP contribution in [0.3, 0.4) is 0 Å². The molecule has 3 atom stereocenters. The number of likely N-dealkylation sites (tertiary alicyclic amines) is 1. The molecule has 1 saturated heterocycles. The molecule has 0 spiro atoms. The molecule has 1 saturated carbocycles. The highest BCUT2D eigenvalue weighted by molar-refractivity contribution is 6.01. The Bertz CT molecular complexity index is 1410. The number of aliphatic hydroxyl groups is 1. The second-order valence-corrected chi connectivity index (χ2v) is 13.4. The van der Waals surface area contributed by atoms with Crippen LogP contribution in [-0.4, -0.2) is 74.7 Å². The summed E-state index contributed by atoms with van der Waals surface area (Å²) in [5.41, 5.74) is -0.152. The fourth-order valence-corrected chi connectivity index (χ4v) is 6.13. The molecular weight excluding hydrogens is 595 g/mol. The molecule has 46 heavy (non-hydrogen) atoms. The van der Waals surface area contributed by atoms with Gasteiger partial charge in [-0.1, -0.05) is 51.8 Å². The van der Waals surface area contributed by atoms with Crippen molar-refractivity contribution in [2.45, 2.75) is 104 Å². The number of halogens is 1. The third-order valence-electron chi connectivity index (χ3n) is 9.58. The molecule has 4 amide bonds. The number of carbonyl (C=O) groups is 4. The minimum Gasteiger partial charge on any atom is -0.390 e. The Kier molecular flexibility index (Phi) is 11.2. The van der Waals surface area contributed by atoms with Crippen molar-refractivity contribution >= 4 is 29.3 Å². The first-order chi connectivity index (χ1) is 21.7. The topological polar surface area (TPSA) is 167 Å². The quantitative estimate of drug-likeness (QED) is 0.273. The van der Waals surface area contributed by atoms with E-state index in [1.165, 1.54) is 12.1 Å². The first kappa shape index (κ1) is 35.0. The van der Waals surface area contributed by atoms with Crippen LogP contribution in [0, 0.1) is 23.6 Å². The average molecular weight is 643 g/mol. The monoisotopic (exact) mass is 642 g/mol. The Balaban J connectivity index is 1.50. The van der Waals surface area contributed by atoms with Gasteiger partial charge in [0.05, 0.1) is 11.3 Å². The van der Waals surface area contributed by atoms with Crippen molar-refractivity contribution in [3.8, 4) is 0 Å². The summed E-state index contributed by atoms with van der Waals surface area (Å²) in [6, 6.07) is 2.41. The molecule has 1 aromatic heterocycles. The molecule has 13 heteroatoms. The molecule has 1 aliphatic carbocycles. The summed E-state index contributed by atoms with van der Waals surface area (Å²) in [6.07, 6.45) is 3.86. The molecule has 0 bridgehead atoms. The lowest BCUT2D eigenvalue weighted by Gasteiger charge is -2.46. The zero-order chi connectivity index (χ0) is 33.8. The highest BCUT2D eigenvalue weighted by Gasteiger charge is 2.43. The van der Waals surface area contributed by atoms with Crippen molar-refractivity contribution in [1.82, 2.24) is 25.8 Å². The van der Waals surface area contributed by atoms with Crippen LogP contribution in [0.5, 0.6) is 0 Å². The third-order valence-corrected chi connectivity index (χ3v) is 9.58. The van der Waals surface area contributed by atoms with E-state index in [1.807, 2.05) is 6.92 Å². The zero-order valence-electron chi connectivity index (χ0n) is 27.6. The molecule has 0 unspecified atom stereocenters. The summed E-state index contributed by atoms with van der Waals surface area (Å²) in [6.45, 7) is 11.5. The number of hydrogen-bond acceptors (Lipinski definition) is 8. The fourth-order valence-electron chi connectivity index (χ4n) is 6.13. The van der Waals surface area contributed by atoms with Crippen LogP contribution in [-0.2, 0) is 20.8 Å². The van der Waals surface area contributed by atoms with Gasteiger partial charge in [-0.2, -0.15) is 0 Å². The van der Waals surface area contributed by atoms with Gasteiger partial charge in [0, 0.05) is 31.3 Å². The Morgan fingerprint density at radius 3 is 2.35 bits per heavy atom. The van der Waals surface area contributed by atoms with Crippen molar-refractivity contribution in [3.05, 3.63) is 41.0 Å². The Morgan fingerprint density at radius 2 is 1.76 bits per heavy atom. The summed E-state index contributed by atoms with van der Waals surface area (Å²) in [5, 5.41) is 26.0. The SMILES string of the molecule is CCC(=O)N[C@@H](C(=O)N1CC(C(C)(C)O)C1)[C@@H](C)c1ccc(NC(=O)[C@@H](NC(=O)c2nonc2CC)[C@H]2CC[C@H](C)CC2)c(F)c1.